The third-order valence-electron chi connectivity index (χ3n) is 3.56. The van der Waals surface area contributed by atoms with Gasteiger partial charge in [-0.1, -0.05) is 67.9 Å². The van der Waals surface area contributed by atoms with Crippen molar-refractivity contribution in [1.82, 2.24) is 4.98 Å². The normalized spacial score (nSPS) is 10.1. The van der Waals surface area contributed by atoms with Crippen LogP contribution in [-0.2, 0) is 0 Å². The molecule has 3 aromatic rings. The largest absolute Gasteiger partial charge is 0.330 e. The maximum absolute atomic E-state index is 5.14. The van der Waals surface area contributed by atoms with Crippen LogP contribution < -0.4 is 5.73 Å². The van der Waals surface area contributed by atoms with Gasteiger partial charge in [0.15, 0.2) is 0 Å². The molecule has 1 heterocycles. The van der Waals surface area contributed by atoms with Gasteiger partial charge >= 0.3 is 0 Å². The lowest BCUT2D eigenvalue weighted by Gasteiger charge is -2.06. The Morgan fingerprint density at radius 1 is 0.955 bits per heavy atom. The molecule has 2 N–H and O–H groups in total. The molecule has 0 radical (unpaired) electrons. The van der Waals surface area contributed by atoms with Crippen LogP contribution in [0.5, 0.6) is 0 Å². The van der Waals surface area contributed by atoms with Crippen LogP contribution >= 0.6 is 0 Å². The monoisotopic (exact) mass is 292 g/mol. The molecule has 114 valence electrons. The second-order valence-corrected chi connectivity index (χ2v) is 5.32. The van der Waals surface area contributed by atoms with Crippen molar-refractivity contribution in [2.75, 3.05) is 6.54 Å². The Kier molecular flexibility index (Phi) is 6.11. The molecule has 0 unspecified atom stereocenters. The van der Waals surface area contributed by atoms with Crippen LogP contribution in [0.25, 0.3) is 22.0 Å². The first-order valence-electron chi connectivity index (χ1n) is 7.88. The first-order chi connectivity index (χ1) is 10.8. The van der Waals surface area contributed by atoms with E-state index in [-0.39, 0.29) is 0 Å². The Balaban J connectivity index is 0.000000309. The summed E-state index contributed by atoms with van der Waals surface area (Å²) in [5.74, 6) is 0. The number of fused-ring (bicyclic) bond motifs is 1. The lowest BCUT2D eigenvalue weighted by molar-refractivity contribution is 0.807. The van der Waals surface area contributed by atoms with E-state index in [1.807, 2.05) is 18.2 Å². The molecular weight excluding hydrogens is 268 g/mol. The van der Waals surface area contributed by atoms with Crippen molar-refractivity contribution in [3.63, 3.8) is 0 Å². The molecule has 0 saturated heterocycles. The fourth-order valence-corrected chi connectivity index (χ4v) is 2.33. The molecule has 0 bridgehead atoms. The van der Waals surface area contributed by atoms with Gasteiger partial charge in [0, 0.05) is 16.6 Å². The highest BCUT2D eigenvalue weighted by Crippen LogP contribution is 2.24. The van der Waals surface area contributed by atoms with Gasteiger partial charge in [-0.05, 0) is 31.3 Å². The fourth-order valence-electron chi connectivity index (χ4n) is 2.33. The molecule has 0 aliphatic rings. The molecule has 2 aromatic carbocycles. The van der Waals surface area contributed by atoms with Crippen LogP contribution in [0.1, 0.15) is 25.5 Å². The number of hydrogen-bond donors (Lipinski definition) is 1. The molecule has 0 aliphatic heterocycles. The van der Waals surface area contributed by atoms with E-state index in [9.17, 15) is 0 Å². The minimum absolute atomic E-state index is 0.844. The number of nitrogens with zero attached hydrogens (tertiary/aromatic N) is 1. The zero-order chi connectivity index (χ0) is 15.8. The molecule has 0 spiro atoms. The molecule has 0 aliphatic carbocycles. The highest BCUT2D eigenvalue weighted by atomic mass is 14.7. The maximum atomic E-state index is 5.14. The van der Waals surface area contributed by atoms with Gasteiger partial charge < -0.3 is 5.73 Å². The summed E-state index contributed by atoms with van der Waals surface area (Å²) in [5, 5.41) is 2.48. The van der Waals surface area contributed by atoms with Crippen molar-refractivity contribution >= 4 is 10.8 Å². The van der Waals surface area contributed by atoms with Gasteiger partial charge in [-0.15, -0.1) is 0 Å². The van der Waals surface area contributed by atoms with Crippen LogP contribution in [0, 0.1) is 6.92 Å². The van der Waals surface area contributed by atoms with E-state index in [1.165, 1.54) is 29.2 Å². The maximum Gasteiger partial charge on any atom is 0.0711 e. The molecule has 2 heteroatoms. The summed E-state index contributed by atoms with van der Waals surface area (Å²) in [6.45, 7) is 5.04. The van der Waals surface area contributed by atoms with Crippen LogP contribution in [0.4, 0.5) is 0 Å². The number of nitrogens with two attached hydrogens (primary N) is 1. The first-order valence-corrected chi connectivity index (χ1v) is 7.88. The summed E-state index contributed by atoms with van der Waals surface area (Å²) in [4.78, 5) is 4.67. The van der Waals surface area contributed by atoms with Gasteiger partial charge in [-0.3, -0.25) is 4.98 Å². The van der Waals surface area contributed by atoms with Gasteiger partial charge in [0.25, 0.3) is 0 Å². The van der Waals surface area contributed by atoms with Crippen LogP contribution in [0.15, 0.2) is 60.7 Å². The minimum atomic E-state index is 0.844. The second-order valence-electron chi connectivity index (χ2n) is 5.32. The smallest absolute Gasteiger partial charge is 0.0711 e. The topological polar surface area (TPSA) is 38.9 Å². The summed E-state index contributed by atoms with van der Waals surface area (Å²) in [6.07, 6.45) is 2.39. The lowest BCUT2D eigenvalue weighted by atomic mass is 10.1. The van der Waals surface area contributed by atoms with E-state index < -0.39 is 0 Å². The Morgan fingerprint density at radius 3 is 2.27 bits per heavy atom. The van der Waals surface area contributed by atoms with Gasteiger partial charge in [0.05, 0.1) is 5.69 Å². The molecule has 0 atom stereocenters. The standard InChI is InChI=1S/C16H13N.C4H11N/c1-12-15-10-6-5-9-14(15)11-16(17-12)13-7-3-2-4-8-13;1-2-3-4-5/h2-11H,1H3;2-5H2,1H3. The molecule has 1 aromatic heterocycles. The van der Waals surface area contributed by atoms with Crippen LogP contribution in [0.3, 0.4) is 0 Å². The zero-order valence-corrected chi connectivity index (χ0v) is 13.4. The van der Waals surface area contributed by atoms with E-state index in [1.54, 1.807) is 0 Å². The van der Waals surface area contributed by atoms with Gasteiger partial charge in [-0.25, -0.2) is 0 Å². The molecular formula is C20H24N2. The van der Waals surface area contributed by atoms with E-state index in [2.05, 4.69) is 61.3 Å². The van der Waals surface area contributed by atoms with Crippen molar-refractivity contribution < 1.29 is 0 Å². The summed E-state index contributed by atoms with van der Waals surface area (Å²) in [7, 11) is 0. The van der Waals surface area contributed by atoms with Crippen molar-refractivity contribution in [1.29, 1.82) is 0 Å². The first kappa shape index (κ1) is 16.2. The Bertz CT molecular complexity index is 703. The molecule has 3 rings (SSSR count). The van der Waals surface area contributed by atoms with Crippen LogP contribution in [0.2, 0.25) is 0 Å². The predicted molar refractivity (Wildman–Crippen MR) is 95.9 cm³/mol. The van der Waals surface area contributed by atoms with Gasteiger partial charge in [0.2, 0.25) is 0 Å². The lowest BCUT2D eigenvalue weighted by Crippen LogP contribution is -1.95. The number of aryl methyl sites for hydroxylation is 1. The van der Waals surface area contributed by atoms with Crippen LogP contribution in [-0.4, -0.2) is 11.5 Å². The number of unbranched alkanes of at least 4 members (excludes halogenated alkanes) is 1. The SMILES string of the molecule is CCCCN.Cc1nc(-c2ccccc2)cc2ccccc12. The summed E-state index contributed by atoms with van der Waals surface area (Å²) in [5.41, 5.74) is 8.44. The number of rotatable bonds is 3. The van der Waals surface area contributed by atoms with Gasteiger partial charge in [-0.2, -0.15) is 0 Å². The Morgan fingerprint density at radius 2 is 1.64 bits per heavy atom. The number of aromatic nitrogens is 1. The predicted octanol–water partition coefficient (Wildman–Crippen LogP) is 4.96. The number of pyridine rings is 1. The van der Waals surface area contributed by atoms with Crippen molar-refractivity contribution in [2.45, 2.75) is 26.7 Å². The number of benzene rings is 2. The summed E-state index contributed by atoms with van der Waals surface area (Å²) < 4.78 is 0. The quantitative estimate of drug-likeness (QED) is 0.741. The van der Waals surface area contributed by atoms with E-state index >= 15 is 0 Å². The molecule has 22 heavy (non-hydrogen) atoms. The van der Waals surface area contributed by atoms with E-state index in [0.29, 0.717) is 0 Å². The molecule has 2 nitrogen and oxygen atoms in total. The van der Waals surface area contributed by atoms with Crippen molar-refractivity contribution in [3.05, 3.63) is 66.4 Å². The van der Waals surface area contributed by atoms with E-state index in [0.717, 1.165) is 17.9 Å². The highest BCUT2D eigenvalue weighted by molar-refractivity contribution is 5.87. The Labute approximate surface area is 133 Å². The third kappa shape index (κ3) is 4.15. The average Bonchev–Trinajstić information content (AvgIpc) is 2.57. The van der Waals surface area contributed by atoms with E-state index in [4.69, 9.17) is 5.73 Å². The Hall–Kier alpha value is -2.19. The third-order valence-corrected chi connectivity index (χ3v) is 3.56. The average molecular weight is 292 g/mol. The summed E-state index contributed by atoms with van der Waals surface area (Å²) in [6, 6.07) is 20.8. The molecule has 0 amide bonds. The molecule has 0 saturated carbocycles. The minimum Gasteiger partial charge on any atom is -0.330 e. The number of hydrogen-bond acceptors (Lipinski definition) is 2. The zero-order valence-electron chi connectivity index (χ0n) is 13.4. The summed E-state index contributed by atoms with van der Waals surface area (Å²) >= 11 is 0. The molecule has 0 fully saturated rings. The van der Waals surface area contributed by atoms with Gasteiger partial charge in [0.1, 0.15) is 0 Å². The van der Waals surface area contributed by atoms with Crippen molar-refractivity contribution in [2.24, 2.45) is 5.73 Å². The van der Waals surface area contributed by atoms with Crippen molar-refractivity contribution in [3.8, 4) is 11.3 Å². The highest BCUT2D eigenvalue weighted by Gasteiger charge is 2.03. The fraction of sp³-hybridized carbons (Fsp3) is 0.250. The second kappa shape index (κ2) is 8.30.